The number of rotatable bonds is 5. The Kier molecular flexibility index (Phi) is 3.51. The fraction of sp³-hybridized carbons (Fsp3) is 0.231. The number of hydrogen-bond donors (Lipinski definition) is 2. The number of benzene rings is 1. The van der Waals surface area contributed by atoms with Crippen LogP contribution in [-0.2, 0) is 10.3 Å². The first-order valence-electron chi connectivity index (χ1n) is 5.84. The molecule has 20 heavy (non-hydrogen) atoms. The minimum atomic E-state index is -1.36. The molecule has 0 fully saturated rings. The van der Waals surface area contributed by atoms with Crippen molar-refractivity contribution < 1.29 is 19.2 Å². The molecule has 1 aromatic heterocycles. The highest BCUT2D eigenvalue weighted by Crippen LogP contribution is 2.24. The Morgan fingerprint density at radius 1 is 1.40 bits per heavy atom. The van der Waals surface area contributed by atoms with E-state index in [2.05, 4.69) is 10.2 Å². The van der Waals surface area contributed by atoms with Gasteiger partial charge in [-0.15, -0.1) is 4.91 Å². The maximum absolute atomic E-state index is 11.7. The topological polar surface area (TPSA) is 95.6 Å². The second-order valence-electron chi connectivity index (χ2n) is 4.39. The van der Waals surface area contributed by atoms with E-state index in [1.54, 1.807) is 31.2 Å². The van der Waals surface area contributed by atoms with Crippen molar-refractivity contribution >= 4 is 11.8 Å². The van der Waals surface area contributed by atoms with Crippen LogP contribution in [0.15, 0.2) is 42.0 Å². The van der Waals surface area contributed by atoms with Crippen molar-refractivity contribution in [3.63, 3.8) is 0 Å². The number of carboxylic acid groups (broad SMARTS) is 1. The second kappa shape index (κ2) is 5.12. The molecule has 0 amide bonds. The maximum atomic E-state index is 11.7. The zero-order chi connectivity index (χ0) is 14.8. The smallest absolute Gasteiger partial charge is 0.357 e. The van der Waals surface area contributed by atoms with Gasteiger partial charge in [0.2, 0.25) is 11.9 Å². The van der Waals surface area contributed by atoms with Gasteiger partial charge in [-0.1, -0.05) is 12.1 Å². The summed E-state index contributed by atoms with van der Waals surface area (Å²) >= 11 is 0. The number of H-pyrrole nitrogens is 1. The van der Waals surface area contributed by atoms with Crippen LogP contribution in [0.1, 0.15) is 12.5 Å². The molecule has 0 saturated carbocycles. The van der Waals surface area contributed by atoms with Crippen molar-refractivity contribution in [1.82, 2.24) is 4.98 Å². The lowest BCUT2D eigenvalue weighted by Crippen LogP contribution is -2.58. The minimum Gasteiger partial charge on any atom is -0.497 e. The Morgan fingerprint density at radius 2 is 2.05 bits per heavy atom. The molecular weight excluding hydrogens is 262 g/mol. The van der Waals surface area contributed by atoms with E-state index >= 15 is 0 Å². The third kappa shape index (κ3) is 2.13. The SMILES string of the molecule is COc1ccc([C@@](C)(C(=O)O)[n+]2c[nH]c(N=O)c2)cc1. The molecule has 0 spiro atoms. The van der Waals surface area contributed by atoms with Crippen LogP contribution in [-0.4, -0.2) is 23.2 Å². The number of hydrogen-bond acceptors (Lipinski definition) is 4. The van der Waals surface area contributed by atoms with Crippen molar-refractivity contribution in [2.24, 2.45) is 5.18 Å². The molecule has 0 radical (unpaired) electrons. The first kappa shape index (κ1) is 13.7. The normalized spacial score (nSPS) is 13.5. The first-order chi connectivity index (χ1) is 9.52. The van der Waals surface area contributed by atoms with Gasteiger partial charge in [-0.25, -0.2) is 14.3 Å². The largest absolute Gasteiger partial charge is 0.497 e. The summed E-state index contributed by atoms with van der Waals surface area (Å²) in [6.45, 7) is 1.54. The molecule has 1 aromatic carbocycles. The van der Waals surface area contributed by atoms with Crippen LogP contribution in [0.5, 0.6) is 5.75 Å². The molecule has 7 nitrogen and oxygen atoms in total. The molecule has 0 bridgehead atoms. The minimum absolute atomic E-state index is 0.0611. The molecule has 1 atom stereocenters. The molecule has 2 aromatic rings. The molecule has 0 aliphatic heterocycles. The number of aliphatic carboxylic acids is 1. The highest BCUT2D eigenvalue weighted by molar-refractivity contribution is 5.78. The first-order valence-corrected chi connectivity index (χ1v) is 5.84. The molecule has 2 N–H and O–H groups in total. The Balaban J connectivity index is 2.52. The van der Waals surface area contributed by atoms with Gasteiger partial charge < -0.3 is 9.84 Å². The molecule has 0 aliphatic rings. The van der Waals surface area contributed by atoms with Crippen molar-refractivity contribution in [3.05, 3.63) is 47.3 Å². The summed E-state index contributed by atoms with van der Waals surface area (Å²) < 4.78 is 6.45. The quantitative estimate of drug-likeness (QED) is 0.639. The van der Waals surface area contributed by atoms with Gasteiger partial charge in [0.15, 0.2) is 6.20 Å². The van der Waals surface area contributed by atoms with Gasteiger partial charge >= 0.3 is 5.97 Å². The fourth-order valence-corrected chi connectivity index (χ4v) is 1.95. The standard InChI is InChI=1S/C13H13N3O4/c1-13(12(17)18,16-7-11(15-19)14-8-16)9-3-5-10(20-2)6-4-9/h3-8H,1-2H3,(H,17,18)/p+1/t13-/m0/s1. The lowest BCUT2D eigenvalue weighted by atomic mass is 9.92. The Morgan fingerprint density at radius 3 is 2.50 bits per heavy atom. The van der Waals surface area contributed by atoms with Crippen molar-refractivity contribution in [2.75, 3.05) is 7.11 Å². The summed E-state index contributed by atoms with van der Waals surface area (Å²) in [7, 11) is 1.54. The average molecular weight is 276 g/mol. The van der Waals surface area contributed by atoms with Crippen molar-refractivity contribution in [2.45, 2.75) is 12.5 Å². The lowest BCUT2D eigenvalue weighted by molar-refractivity contribution is -0.735. The molecule has 0 unspecified atom stereocenters. The Hall–Kier alpha value is -2.70. The monoisotopic (exact) mass is 276 g/mol. The fourth-order valence-electron chi connectivity index (χ4n) is 1.95. The predicted octanol–water partition coefficient (Wildman–Crippen LogP) is 1.56. The van der Waals surface area contributed by atoms with Gasteiger partial charge in [-0.05, 0) is 19.1 Å². The number of imidazole rings is 1. The summed E-state index contributed by atoms with van der Waals surface area (Å²) in [4.78, 5) is 24.8. The van der Waals surface area contributed by atoms with Gasteiger partial charge in [0, 0.05) is 10.7 Å². The van der Waals surface area contributed by atoms with E-state index in [-0.39, 0.29) is 5.82 Å². The second-order valence-corrected chi connectivity index (χ2v) is 4.39. The number of carbonyl (C=O) groups is 1. The van der Waals surface area contributed by atoms with Gasteiger partial charge in [-0.3, -0.25) is 0 Å². The van der Waals surface area contributed by atoms with E-state index in [9.17, 15) is 14.8 Å². The molecule has 2 rings (SSSR count). The van der Waals surface area contributed by atoms with Crippen LogP contribution in [0.4, 0.5) is 5.82 Å². The van der Waals surface area contributed by atoms with Crippen LogP contribution in [0, 0.1) is 4.91 Å². The van der Waals surface area contributed by atoms with E-state index in [1.807, 2.05) is 0 Å². The number of ether oxygens (including phenoxy) is 1. The van der Waals surface area contributed by atoms with E-state index in [0.717, 1.165) is 0 Å². The number of nitrogens with one attached hydrogen (secondary N) is 1. The number of carboxylic acids is 1. The summed E-state index contributed by atoms with van der Waals surface area (Å²) in [5.41, 5.74) is -0.807. The third-order valence-electron chi connectivity index (χ3n) is 3.30. The van der Waals surface area contributed by atoms with E-state index in [4.69, 9.17) is 4.74 Å². The highest BCUT2D eigenvalue weighted by atomic mass is 16.5. The summed E-state index contributed by atoms with van der Waals surface area (Å²) in [6.07, 6.45) is 2.75. The molecule has 1 heterocycles. The third-order valence-corrected chi connectivity index (χ3v) is 3.30. The number of aromatic amines is 1. The van der Waals surface area contributed by atoms with Crippen LogP contribution in [0.2, 0.25) is 0 Å². The number of nitrogens with zero attached hydrogens (tertiary/aromatic N) is 2. The number of nitroso groups, excluding NO2 is 1. The predicted molar refractivity (Wildman–Crippen MR) is 69.8 cm³/mol. The zero-order valence-electron chi connectivity index (χ0n) is 11.0. The maximum Gasteiger partial charge on any atom is 0.357 e. The van der Waals surface area contributed by atoms with Crippen LogP contribution < -0.4 is 9.30 Å². The number of methoxy groups -OCH3 is 1. The van der Waals surface area contributed by atoms with E-state index in [0.29, 0.717) is 11.3 Å². The number of aromatic nitrogens is 2. The van der Waals surface area contributed by atoms with Crippen LogP contribution in [0.3, 0.4) is 0 Å². The lowest BCUT2D eigenvalue weighted by Gasteiger charge is -2.21. The molecule has 7 heteroatoms. The van der Waals surface area contributed by atoms with E-state index in [1.165, 1.54) is 24.2 Å². The highest BCUT2D eigenvalue weighted by Gasteiger charge is 2.42. The molecule has 0 aliphatic carbocycles. The van der Waals surface area contributed by atoms with Gasteiger partial charge in [-0.2, -0.15) is 0 Å². The zero-order valence-corrected chi connectivity index (χ0v) is 11.0. The van der Waals surface area contributed by atoms with E-state index < -0.39 is 11.5 Å². The van der Waals surface area contributed by atoms with Crippen molar-refractivity contribution in [3.8, 4) is 5.75 Å². The Bertz CT molecular complexity index is 635. The Labute approximate surface area is 114 Å². The summed E-state index contributed by atoms with van der Waals surface area (Å²) in [5.74, 6) is -0.356. The van der Waals surface area contributed by atoms with Crippen LogP contribution >= 0.6 is 0 Å². The van der Waals surface area contributed by atoms with Gasteiger partial charge in [0.1, 0.15) is 5.75 Å². The molecule has 0 saturated heterocycles. The van der Waals surface area contributed by atoms with Crippen molar-refractivity contribution in [1.29, 1.82) is 0 Å². The summed E-state index contributed by atoms with van der Waals surface area (Å²) in [6, 6.07) is 6.70. The van der Waals surface area contributed by atoms with Gasteiger partial charge in [0.25, 0.3) is 5.82 Å². The average Bonchev–Trinajstić information content (AvgIpc) is 2.95. The van der Waals surface area contributed by atoms with Gasteiger partial charge in [0.05, 0.1) is 7.11 Å². The summed E-state index contributed by atoms with van der Waals surface area (Å²) in [5, 5.41) is 12.3. The molecular formula is C13H14N3O4+. The molecule has 104 valence electrons. The van der Waals surface area contributed by atoms with Crippen LogP contribution in [0.25, 0.3) is 0 Å².